The van der Waals surface area contributed by atoms with Gasteiger partial charge in [-0.1, -0.05) is 13.0 Å². The molecule has 21 heavy (non-hydrogen) atoms. The van der Waals surface area contributed by atoms with Crippen molar-refractivity contribution in [3.8, 4) is 0 Å². The number of benzene rings is 1. The summed E-state index contributed by atoms with van der Waals surface area (Å²) in [5.74, 6) is 5.56. The van der Waals surface area contributed by atoms with Gasteiger partial charge in [-0.05, 0) is 37.8 Å². The first-order chi connectivity index (χ1) is 9.95. The number of nitrogens with one attached hydrogen (secondary N) is 1. The van der Waals surface area contributed by atoms with E-state index in [1.165, 1.54) is 12.1 Å². The zero-order valence-corrected chi connectivity index (χ0v) is 12.2. The Morgan fingerprint density at radius 2 is 2.19 bits per heavy atom. The number of piperidine rings is 1. The number of carbonyl (C=O) groups excluding carboxylic acids is 1. The third kappa shape index (κ3) is 2.97. The largest absolute Gasteiger partial charge is 0.336 e. The molecule has 2 atom stereocenters. The number of nitrogen functional groups attached to an aromatic ring is 1. The summed E-state index contributed by atoms with van der Waals surface area (Å²) in [6, 6.07) is 4.63. The van der Waals surface area contributed by atoms with Gasteiger partial charge in [0.25, 0.3) is 5.91 Å². The summed E-state index contributed by atoms with van der Waals surface area (Å²) in [6.07, 6.45) is 1.83. The molecule has 0 spiro atoms. The Kier molecular flexibility index (Phi) is 4.42. The predicted octanol–water partition coefficient (Wildman–Crippen LogP) is 2.14. The minimum atomic E-state index is -0.570. The summed E-state index contributed by atoms with van der Waals surface area (Å²) in [5.41, 5.74) is 2.24. The molecule has 7 nitrogen and oxygen atoms in total. The van der Waals surface area contributed by atoms with Crippen molar-refractivity contribution in [3.63, 3.8) is 0 Å². The first-order valence-electron chi connectivity index (χ1n) is 7.00. The van der Waals surface area contributed by atoms with Crippen molar-refractivity contribution in [3.05, 3.63) is 33.9 Å². The van der Waals surface area contributed by atoms with Crippen LogP contribution in [0.4, 0.5) is 11.4 Å². The van der Waals surface area contributed by atoms with Gasteiger partial charge in [0.15, 0.2) is 0 Å². The van der Waals surface area contributed by atoms with Crippen LogP contribution in [0.15, 0.2) is 18.2 Å². The van der Waals surface area contributed by atoms with Crippen LogP contribution >= 0.6 is 0 Å². The maximum atomic E-state index is 12.7. The number of carbonyl (C=O) groups is 1. The maximum absolute atomic E-state index is 12.7. The molecule has 114 valence electrons. The van der Waals surface area contributed by atoms with Crippen molar-refractivity contribution in [2.45, 2.75) is 32.7 Å². The Bertz CT molecular complexity index is 561. The quantitative estimate of drug-likeness (QED) is 0.505. The molecule has 2 rings (SSSR count). The number of nitrogens with two attached hydrogens (primary N) is 1. The summed E-state index contributed by atoms with van der Waals surface area (Å²) in [6.45, 7) is 4.75. The van der Waals surface area contributed by atoms with Crippen LogP contribution in [-0.2, 0) is 0 Å². The second-order valence-electron chi connectivity index (χ2n) is 5.58. The molecule has 1 fully saturated rings. The fraction of sp³-hybridized carbons (Fsp3) is 0.500. The Morgan fingerprint density at radius 3 is 2.76 bits per heavy atom. The Hall–Kier alpha value is -2.15. The number of anilines is 1. The van der Waals surface area contributed by atoms with Crippen molar-refractivity contribution in [2.24, 2.45) is 11.8 Å². The molecule has 2 unspecified atom stereocenters. The van der Waals surface area contributed by atoms with E-state index in [-0.39, 0.29) is 28.9 Å². The second kappa shape index (κ2) is 6.09. The number of nitrogens with zero attached hydrogens (tertiary/aromatic N) is 2. The van der Waals surface area contributed by atoms with Gasteiger partial charge in [-0.25, -0.2) is 0 Å². The van der Waals surface area contributed by atoms with Gasteiger partial charge >= 0.3 is 5.69 Å². The summed E-state index contributed by atoms with van der Waals surface area (Å²) in [7, 11) is 0. The zero-order valence-electron chi connectivity index (χ0n) is 12.2. The summed E-state index contributed by atoms with van der Waals surface area (Å²) in [4.78, 5) is 25.1. The van der Waals surface area contributed by atoms with Gasteiger partial charge in [-0.3, -0.25) is 20.8 Å². The number of nitro groups is 1. The van der Waals surface area contributed by atoms with E-state index >= 15 is 0 Å². The molecule has 0 bridgehead atoms. The van der Waals surface area contributed by atoms with Crippen molar-refractivity contribution in [1.82, 2.24) is 4.90 Å². The summed E-state index contributed by atoms with van der Waals surface area (Å²) < 4.78 is 0. The highest BCUT2D eigenvalue weighted by atomic mass is 16.6. The molecule has 1 aliphatic heterocycles. The fourth-order valence-corrected chi connectivity index (χ4v) is 2.89. The molecular formula is C14H20N4O3. The number of para-hydroxylation sites is 1. The highest BCUT2D eigenvalue weighted by Gasteiger charge is 2.32. The molecule has 1 aromatic carbocycles. The molecule has 0 aliphatic carbocycles. The van der Waals surface area contributed by atoms with Crippen molar-refractivity contribution < 1.29 is 9.72 Å². The molecule has 3 N–H and O–H groups in total. The molecule has 7 heteroatoms. The molecule has 1 amide bonds. The van der Waals surface area contributed by atoms with E-state index in [0.717, 1.165) is 12.8 Å². The highest BCUT2D eigenvalue weighted by molar-refractivity contribution is 6.00. The van der Waals surface area contributed by atoms with Gasteiger partial charge in [-0.2, -0.15) is 0 Å². The third-order valence-electron chi connectivity index (χ3n) is 4.00. The van der Waals surface area contributed by atoms with Crippen molar-refractivity contribution in [2.75, 3.05) is 12.0 Å². The van der Waals surface area contributed by atoms with Gasteiger partial charge in [0.05, 0.1) is 4.92 Å². The lowest BCUT2D eigenvalue weighted by Gasteiger charge is -2.36. The third-order valence-corrected chi connectivity index (χ3v) is 4.00. The van der Waals surface area contributed by atoms with Gasteiger partial charge < -0.3 is 10.3 Å². The predicted molar refractivity (Wildman–Crippen MR) is 79.8 cm³/mol. The lowest BCUT2D eigenvalue weighted by atomic mass is 9.92. The molecule has 0 radical (unpaired) electrons. The van der Waals surface area contributed by atoms with E-state index < -0.39 is 4.92 Å². The number of nitro benzene ring substituents is 1. The minimum Gasteiger partial charge on any atom is -0.336 e. The molecule has 1 heterocycles. The lowest BCUT2D eigenvalue weighted by molar-refractivity contribution is -0.384. The standard InChI is InChI=1S/C14H20N4O3/c1-9-6-7-17(10(2)8-9)14(19)11-4-3-5-12(16-15)13(11)18(20)21/h3-5,9-10,16H,6-8,15H2,1-2H3. The van der Waals surface area contributed by atoms with Crippen LogP contribution in [0.5, 0.6) is 0 Å². The maximum Gasteiger partial charge on any atom is 0.306 e. The average molecular weight is 292 g/mol. The number of hydrogen-bond acceptors (Lipinski definition) is 5. The number of amides is 1. The van der Waals surface area contributed by atoms with E-state index in [1.54, 1.807) is 11.0 Å². The highest BCUT2D eigenvalue weighted by Crippen LogP contribution is 2.31. The number of hydrogen-bond donors (Lipinski definition) is 2. The van der Waals surface area contributed by atoms with Gasteiger partial charge in [0.2, 0.25) is 0 Å². The van der Waals surface area contributed by atoms with Crippen LogP contribution in [0, 0.1) is 16.0 Å². The first-order valence-corrected chi connectivity index (χ1v) is 7.00. The van der Waals surface area contributed by atoms with Gasteiger partial charge in [-0.15, -0.1) is 0 Å². The lowest BCUT2D eigenvalue weighted by Crippen LogP contribution is -2.44. The van der Waals surface area contributed by atoms with E-state index in [0.29, 0.717) is 12.5 Å². The zero-order chi connectivity index (χ0) is 15.6. The molecule has 0 saturated carbocycles. The molecular weight excluding hydrogens is 272 g/mol. The molecule has 1 saturated heterocycles. The summed E-state index contributed by atoms with van der Waals surface area (Å²) >= 11 is 0. The number of likely N-dealkylation sites (tertiary alicyclic amines) is 1. The van der Waals surface area contributed by atoms with Gasteiger partial charge in [0, 0.05) is 12.6 Å². The Labute approximate surface area is 123 Å². The molecule has 1 aromatic rings. The van der Waals surface area contributed by atoms with E-state index in [9.17, 15) is 14.9 Å². The van der Waals surface area contributed by atoms with Crippen molar-refractivity contribution >= 4 is 17.3 Å². The van der Waals surface area contributed by atoms with E-state index in [2.05, 4.69) is 12.3 Å². The topological polar surface area (TPSA) is 102 Å². The number of hydrazine groups is 1. The smallest absolute Gasteiger partial charge is 0.306 e. The minimum absolute atomic E-state index is 0.0790. The second-order valence-corrected chi connectivity index (χ2v) is 5.58. The summed E-state index contributed by atoms with van der Waals surface area (Å²) in [5, 5.41) is 11.3. The van der Waals surface area contributed by atoms with Crippen molar-refractivity contribution in [1.29, 1.82) is 0 Å². The van der Waals surface area contributed by atoms with Crippen LogP contribution in [0.3, 0.4) is 0 Å². The monoisotopic (exact) mass is 292 g/mol. The molecule has 1 aliphatic rings. The Balaban J connectivity index is 2.37. The first kappa shape index (κ1) is 15.2. The normalized spacial score (nSPS) is 22.0. The van der Waals surface area contributed by atoms with E-state index in [4.69, 9.17) is 5.84 Å². The van der Waals surface area contributed by atoms with Gasteiger partial charge in [0.1, 0.15) is 11.3 Å². The SMILES string of the molecule is CC1CCN(C(=O)c2cccc(NN)c2[N+](=O)[O-])C(C)C1. The van der Waals surface area contributed by atoms with Crippen LogP contribution < -0.4 is 11.3 Å². The fourth-order valence-electron chi connectivity index (χ4n) is 2.89. The Morgan fingerprint density at radius 1 is 1.48 bits per heavy atom. The van der Waals surface area contributed by atoms with E-state index in [1.807, 2.05) is 6.92 Å². The van der Waals surface area contributed by atoms with Crippen LogP contribution in [0.1, 0.15) is 37.0 Å². The van der Waals surface area contributed by atoms with Crippen LogP contribution in [0.25, 0.3) is 0 Å². The number of rotatable bonds is 3. The average Bonchev–Trinajstić information content (AvgIpc) is 2.45. The van der Waals surface area contributed by atoms with Crippen LogP contribution in [0.2, 0.25) is 0 Å². The molecule has 0 aromatic heterocycles. The van der Waals surface area contributed by atoms with Crippen LogP contribution in [-0.4, -0.2) is 28.3 Å².